The van der Waals surface area contributed by atoms with Gasteiger partial charge in [-0.25, -0.2) is 9.18 Å². The lowest BCUT2D eigenvalue weighted by molar-refractivity contribution is -0.146. The molecule has 82 valence electrons. The molecule has 0 fully saturated rings. The predicted octanol–water partition coefficient (Wildman–Crippen LogP) is 2.53. The molecule has 0 bridgehead atoms. The van der Waals surface area contributed by atoms with E-state index in [1.165, 1.54) is 25.3 Å². The lowest BCUT2D eigenvalue weighted by Crippen LogP contribution is -2.09. The highest BCUT2D eigenvalue weighted by molar-refractivity contribution is 6.32. The van der Waals surface area contributed by atoms with Crippen LogP contribution in [0, 0.1) is 0 Å². The van der Waals surface area contributed by atoms with Crippen molar-refractivity contribution in [3.63, 3.8) is 0 Å². The molecule has 0 heterocycles. The zero-order valence-electron chi connectivity index (χ0n) is 8.29. The zero-order chi connectivity index (χ0) is 11.4. The van der Waals surface area contributed by atoms with Gasteiger partial charge in [-0.05, 0) is 17.7 Å². The van der Waals surface area contributed by atoms with E-state index in [1.54, 1.807) is 0 Å². The van der Waals surface area contributed by atoms with E-state index in [4.69, 9.17) is 16.3 Å². The second-order valence-electron chi connectivity index (χ2n) is 2.78. The van der Waals surface area contributed by atoms with E-state index in [0.29, 0.717) is 5.75 Å². The maximum absolute atomic E-state index is 13.4. The molecule has 1 aromatic carbocycles. The summed E-state index contributed by atoms with van der Waals surface area (Å²) in [5.41, 5.74) is 0.146. The Morgan fingerprint density at radius 2 is 2.13 bits per heavy atom. The number of rotatable bonds is 3. The van der Waals surface area contributed by atoms with Crippen molar-refractivity contribution in [2.24, 2.45) is 0 Å². The molecule has 0 aliphatic carbocycles. The minimum Gasteiger partial charge on any atom is -0.495 e. The van der Waals surface area contributed by atoms with Gasteiger partial charge in [0.05, 0.1) is 19.2 Å². The van der Waals surface area contributed by atoms with Crippen LogP contribution in [-0.2, 0) is 9.53 Å². The molecule has 0 amide bonds. The van der Waals surface area contributed by atoms with Gasteiger partial charge in [0.25, 0.3) is 0 Å². The quantitative estimate of drug-likeness (QED) is 0.752. The molecule has 0 radical (unpaired) electrons. The first-order valence-electron chi connectivity index (χ1n) is 4.15. The van der Waals surface area contributed by atoms with Gasteiger partial charge in [0.1, 0.15) is 5.75 Å². The van der Waals surface area contributed by atoms with Crippen molar-refractivity contribution in [1.82, 2.24) is 0 Å². The average molecular weight is 233 g/mol. The molecular weight excluding hydrogens is 223 g/mol. The number of carbonyl (C=O) groups is 1. The van der Waals surface area contributed by atoms with E-state index in [-0.39, 0.29) is 10.6 Å². The van der Waals surface area contributed by atoms with E-state index in [2.05, 4.69) is 4.74 Å². The molecule has 0 aliphatic heterocycles. The maximum atomic E-state index is 13.4. The molecule has 0 spiro atoms. The fourth-order valence-electron chi connectivity index (χ4n) is 1.08. The van der Waals surface area contributed by atoms with Crippen molar-refractivity contribution in [1.29, 1.82) is 0 Å². The molecule has 0 N–H and O–H groups in total. The molecule has 0 saturated carbocycles. The van der Waals surface area contributed by atoms with Gasteiger partial charge in [-0.15, -0.1) is 0 Å². The van der Waals surface area contributed by atoms with E-state index in [9.17, 15) is 9.18 Å². The SMILES string of the molecule is COC(=O)C(F)c1ccc(OC)c(Cl)c1. The van der Waals surface area contributed by atoms with Gasteiger partial charge in [-0.1, -0.05) is 17.7 Å². The number of ether oxygens (including phenoxy) is 2. The van der Waals surface area contributed by atoms with Crippen LogP contribution < -0.4 is 4.74 Å². The Morgan fingerprint density at radius 3 is 2.60 bits per heavy atom. The normalized spacial score (nSPS) is 12.0. The molecule has 1 unspecified atom stereocenters. The van der Waals surface area contributed by atoms with Gasteiger partial charge in [0.15, 0.2) is 0 Å². The summed E-state index contributed by atoms with van der Waals surface area (Å²) in [4.78, 5) is 10.9. The summed E-state index contributed by atoms with van der Waals surface area (Å²) in [7, 11) is 2.58. The van der Waals surface area contributed by atoms with Crippen LogP contribution in [0.1, 0.15) is 11.7 Å². The first-order chi connectivity index (χ1) is 7.10. The van der Waals surface area contributed by atoms with Gasteiger partial charge >= 0.3 is 5.97 Å². The lowest BCUT2D eigenvalue weighted by atomic mass is 10.1. The Hall–Kier alpha value is -1.29. The monoisotopic (exact) mass is 232 g/mol. The third-order valence-corrected chi connectivity index (χ3v) is 2.17. The number of methoxy groups -OCH3 is 2. The Labute approximate surface area is 91.7 Å². The Morgan fingerprint density at radius 1 is 1.47 bits per heavy atom. The first-order valence-corrected chi connectivity index (χ1v) is 4.53. The second-order valence-corrected chi connectivity index (χ2v) is 3.19. The van der Waals surface area contributed by atoms with Crippen LogP contribution in [-0.4, -0.2) is 20.2 Å². The predicted molar refractivity (Wildman–Crippen MR) is 53.9 cm³/mol. The summed E-state index contributed by atoms with van der Waals surface area (Å²) < 4.78 is 22.5. The van der Waals surface area contributed by atoms with Crippen LogP contribution in [0.4, 0.5) is 4.39 Å². The van der Waals surface area contributed by atoms with Crippen molar-refractivity contribution >= 4 is 17.6 Å². The number of carbonyl (C=O) groups excluding carboxylic acids is 1. The standard InChI is InChI=1S/C10H10ClFO3/c1-14-8-4-3-6(5-7(8)11)9(12)10(13)15-2/h3-5,9H,1-2H3. The minimum absolute atomic E-state index is 0.146. The first kappa shape index (κ1) is 11.8. The summed E-state index contributed by atoms with van der Waals surface area (Å²) in [5.74, 6) is -0.520. The molecule has 0 aliphatic rings. The summed E-state index contributed by atoms with van der Waals surface area (Å²) in [6.45, 7) is 0. The van der Waals surface area contributed by atoms with Gasteiger partial charge in [-0.3, -0.25) is 0 Å². The summed E-state index contributed by atoms with van der Waals surface area (Å²) >= 11 is 5.78. The Bertz CT molecular complexity index is 368. The lowest BCUT2D eigenvalue weighted by Gasteiger charge is -2.08. The highest BCUT2D eigenvalue weighted by atomic mass is 35.5. The summed E-state index contributed by atoms with van der Waals surface area (Å²) in [6.07, 6.45) is -1.82. The average Bonchev–Trinajstić information content (AvgIpc) is 2.26. The highest BCUT2D eigenvalue weighted by Gasteiger charge is 2.21. The Balaban J connectivity index is 2.97. The van der Waals surface area contributed by atoms with Crippen LogP contribution in [0.25, 0.3) is 0 Å². The fraction of sp³-hybridized carbons (Fsp3) is 0.300. The van der Waals surface area contributed by atoms with Crippen LogP contribution in [0.3, 0.4) is 0 Å². The largest absolute Gasteiger partial charge is 0.495 e. The van der Waals surface area contributed by atoms with Crippen LogP contribution in [0.5, 0.6) is 5.75 Å². The third kappa shape index (κ3) is 2.59. The maximum Gasteiger partial charge on any atom is 0.345 e. The van der Waals surface area contributed by atoms with Crippen molar-refractivity contribution < 1.29 is 18.7 Å². The number of halogens is 2. The minimum atomic E-state index is -1.82. The van der Waals surface area contributed by atoms with Crippen LogP contribution >= 0.6 is 11.6 Å². The Kier molecular flexibility index (Phi) is 3.91. The van der Waals surface area contributed by atoms with Crippen molar-refractivity contribution in [3.05, 3.63) is 28.8 Å². The van der Waals surface area contributed by atoms with Crippen LogP contribution in [0.2, 0.25) is 5.02 Å². The van der Waals surface area contributed by atoms with E-state index in [1.807, 2.05) is 0 Å². The van der Waals surface area contributed by atoms with Gasteiger partial charge < -0.3 is 9.47 Å². The molecule has 3 nitrogen and oxygen atoms in total. The number of hydrogen-bond donors (Lipinski definition) is 0. The highest BCUT2D eigenvalue weighted by Crippen LogP contribution is 2.29. The molecule has 0 saturated heterocycles. The molecular formula is C10H10ClFO3. The zero-order valence-corrected chi connectivity index (χ0v) is 9.05. The summed E-state index contributed by atoms with van der Waals surface area (Å²) in [5, 5.41) is 0.251. The number of hydrogen-bond acceptors (Lipinski definition) is 3. The molecule has 0 aromatic heterocycles. The van der Waals surface area contributed by atoms with E-state index < -0.39 is 12.1 Å². The van der Waals surface area contributed by atoms with Gasteiger partial charge in [0.2, 0.25) is 6.17 Å². The second kappa shape index (κ2) is 4.98. The summed E-state index contributed by atoms with van der Waals surface area (Å²) in [6, 6.07) is 4.25. The van der Waals surface area contributed by atoms with Gasteiger partial charge in [-0.2, -0.15) is 0 Å². The van der Waals surface area contributed by atoms with Gasteiger partial charge in [0, 0.05) is 0 Å². The molecule has 1 aromatic rings. The molecule has 5 heteroatoms. The van der Waals surface area contributed by atoms with Crippen molar-refractivity contribution in [2.75, 3.05) is 14.2 Å². The smallest absolute Gasteiger partial charge is 0.345 e. The molecule has 1 rings (SSSR count). The van der Waals surface area contributed by atoms with Crippen molar-refractivity contribution in [2.45, 2.75) is 6.17 Å². The van der Waals surface area contributed by atoms with Crippen molar-refractivity contribution in [3.8, 4) is 5.75 Å². The number of alkyl halides is 1. The molecule has 15 heavy (non-hydrogen) atoms. The third-order valence-electron chi connectivity index (χ3n) is 1.88. The molecule has 1 atom stereocenters. The number of benzene rings is 1. The topological polar surface area (TPSA) is 35.5 Å². The van der Waals surface area contributed by atoms with E-state index in [0.717, 1.165) is 7.11 Å². The fourth-order valence-corrected chi connectivity index (χ4v) is 1.35. The van der Waals surface area contributed by atoms with E-state index >= 15 is 0 Å². The van der Waals surface area contributed by atoms with Crippen LogP contribution in [0.15, 0.2) is 18.2 Å². The number of esters is 1.